The zero-order chi connectivity index (χ0) is 26.0. The van der Waals surface area contributed by atoms with Crippen LogP contribution in [0.15, 0.2) is 65.0 Å². The molecule has 0 bridgehead atoms. The van der Waals surface area contributed by atoms with Gasteiger partial charge in [-0.3, -0.25) is 19.5 Å². The Labute approximate surface area is 216 Å². The topological polar surface area (TPSA) is 91.2 Å². The summed E-state index contributed by atoms with van der Waals surface area (Å²) < 4.78 is 18.0. The molecule has 2 heterocycles. The maximum atomic E-state index is 12.8. The van der Waals surface area contributed by atoms with Crippen molar-refractivity contribution in [2.45, 2.75) is 25.3 Å². The van der Waals surface area contributed by atoms with E-state index in [0.717, 1.165) is 44.0 Å². The molecule has 192 valence electrons. The zero-order valence-electron chi connectivity index (χ0n) is 20.6. The number of carbonyl (C=O) groups excluding carboxylic acids is 2. The second kappa shape index (κ2) is 12.9. The number of hydrogen-bond donors (Lipinski definition) is 2. The molecule has 2 N–H and O–H groups in total. The number of morpholine rings is 1. The van der Waals surface area contributed by atoms with E-state index in [1.54, 1.807) is 12.1 Å². The monoisotopic (exact) mass is 503 g/mol. The number of hydrogen-bond acceptors (Lipinski definition) is 6. The van der Waals surface area contributed by atoms with Crippen molar-refractivity contribution in [3.05, 3.63) is 82.2 Å². The van der Waals surface area contributed by atoms with E-state index < -0.39 is 30.0 Å². The quantitative estimate of drug-likeness (QED) is 0.540. The van der Waals surface area contributed by atoms with Gasteiger partial charge in [0.1, 0.15) is 6.67 Å². The summed E-state index contributed by atoms with van der Waals surface area (Å²) in [4.78, 5) is 31.1. The summed E-state index contributed by atoms with van der Waals surface area (Å²) in [5, 5.41) is 12.7. The Morgan fingerprint density at radius 1 is 1.08 bits per heavy atom. The second-order valence-electron chi connectivity index (χ2n) is 8.93. The number of nitrogens with one attached hydrogen (secondary N) is 1. The van der Waals surface area contributed by atoms with Crippen LogP contribution in [0.2, 0.25) is 0 Å². The second-order valence-corrected chi connectivity index (χ2v) is 8.93. The molecule has 0 aromatic heterocycles. The summed E-state index contributed by atoms with van der Waals surface area (Å²) in [5.41, 5.74) is 3.72. The zero-order valence-corrected chi connectivity index (χ0v) is 20.6. The smallest absolute Gasteiger partial charge is 0.228 e. The fourth-order valence-corrected chi connectivity index (χ4v) is 4.21. The number of Topliss-reactive ketones (excluding diaryl/α,β-unsaturated/α-hetero) is 1. The highest BCUT2D eigenvalue weighted by molar-refractivity contribution is 6.04. The third kappa shape index (κ3) is 7.35. The molecule has 0 spiro atoms. The lowest BCUT2D eigenvalue weighted by Crippen LogP contribution is -2.35. The Hall–Kier alpha value is -3.80. The fourth-order valence-electron chi connectivity index (χ4n) is 4.21. The van der Waals surface area contributed by atoms with Crippen molar-refractivity contribution in [1.82, 2.24) is 10.2 Å². The number of aliphatic hydroxyl groups is 1. The SMILES string of the molecule is O=C1CC=NC(CC(C(=O)NCCF)c2ccc(C#Cc3ccc(CN4CCOCC4)cc3)cc2)=C1O. The van der Waals surface area contributed by atoms with Crippen LogP contribution in [0.3, 0.4) is 0 Å². The lowest BCUT2D eigenvalue weighted by Gasteiger charge is -2.26. The van der Waals surface area contributed by atoms with E-state index in [0.29, 0.717) is 5.56 Å². The molecule has 1 amide bonds. The molecule has 0 aliphatic carbocycles. The van der Waals surface area contributed by atoms with Gasteiger partial charge in [-0.25, -0.2) is 4.39 Å². The molecule has 2 aromatic rings. The molecule has 2 aromatic carbocycles. The number of amides is 1. The molecule has 4 rings (SSSR count). The Morgan fingerprint density at radius 3 is 2.38 bits per heavy atom. The molecule has 1 atom stereocenters. The van der Waals surface area contributed by atoms with E-state index in [1.165, 1.54) is 11.8 Å². The van der Waals surface area contributed by atoms with Crippen molar-refractivity contribution in [1.29, 1.82) is 0 Å². The van der Waals surface area contributed by atoms with Crippen molar-refractivity contribution in [3.8, 4) is 11.8 Å². The minimum absolute atomic E-state index is 0.0218. The van der Waals surface area contributed by atoms with Crippen LogP contribution >= 0.6 is 0 Å². The highest BCUT2D eigenvalue weighted by Crippen LogP contribution is 2.28. The first-order chi connectivity index (χ1) is 18.0. The molecule has 2 aliphatic heterocycles. The number of alkyl halides is 1. The van der Waals surface area contributed by atoms with Crippen LogP contribution in [0.25, 0.3) is 0 Å². The summed E-state index contributed by atoms with van der Waals surface area (Å²) >= 11 is 0. The van der Waals surface area contributed by atoms with Gasteiger partial charge in [0, 0.05) is 56.4 Å². The van der Waals surface area contributed by atoms with Gasteiger partial charge in [0.25, 0.3) is 0 Å². The number of carbonyl (C=O) groups is 2. The van der Waals surface area contributed by atoms with Crippen molar-refractivity contribution < 1.29 is 23.8 Å². The molecule has 1 unspecified atom stereocenters. The molecule has 0 radical (unpaired) electrons. The van der Waals surface area contributed by atoms with Crippen molar-refractivity contribution in [2.75, 3.05) is 39.5 Å². The van der Waals surface area contributed by atoms with E-state index in [2.05, 4.69) is 39.2 Å². The van der Waals surface area contributed by atoms with Gasteiger partial charge in [-0.05, 0) is 35.4 Å². The van der Waals surface area contributed by atoms with Gasteiger partial charge in [0.15, 0.2) is 5.76 Å². The van der Waals surface area contributed by atoms with E-state index >= 15 is 0 Å². The minimum Gasteiger partial charge on any atom is -0.503 e. The number of ketones is 1. The van der Waals surface area contributed by atoms with E-state index in [-0.39, 0.29) is 25.1 Å². The number of halogens is 1. The molecule has 0 saturated carbocycles. The summed E-state index contributed by atoms with van der Waals surface area (Å²) in [6.07, 6.45) is 1.47. The largest absolute Gasteiger partial charge is 0.503 e. The average Bonchev–Trinajstić information content (AvgIpc) is 2.93. The number of benzene rings is 2. The normalized spacial score (nSPS) is 16.7. The Bertz CT molecular complexity index is 1220. The molecule has 8 heteroatoms. The number of allylic oxidation sites excluding steroid dienone is 2. The van der Waals surface area contributed by atoms with E-state index in [1.807, 2.05) is 24.3 Å². The van der Waals surface area contributed by atoms with E-state index in [9.17, 15) is 19.1 Å². The highest BCUT2D eigenvalue weighted by Gasteiger charge is 2.26. The van der Waals surface area contributed by atoms with Gasteiger partial charge in [0.2, 0.25) is 11.7 Å². The van der Waals surface area contributed by atoms with Gasteiger partial charge in [-0.2, -0.15) is 0 Å². The van der Waals surface area contributed by atoms with Gasteiger partial charge < -0.3 is 15.2 Å². The van der Waals surface area contributed by atoms with Crippen LogP contribution in [0, 0.1) is 11.8 Å². The molecule has 7 nitrogen and oxygen atoms in total. The predicted octanol–water partition coefficient (Wildman–Crippen LogP) is 3.29. The van der Waals surface area contributed by atoms with Crippen LogP contribution < -0.4 is 5.32 Å². The number of aliphatic imine (C=N–C) groups is 1. The number of nitrogens with zero attached hydrogens (tertiary/aromatic N) is 2. The summed E-state index contributed by atoms with van der Waals surface area (Å²) in [7, 11) is 0. The van der Waals surface area contributed by atoms with Crippen molar-refractivity contribution in [2.24, 2.45) is 4.99 Å². The van der Waals surface area contributed by atoms with Crippen molar-refractivity contribution in [3.63, 3.8) is 0 Å². The van der Waals surface area contributed by atoms with Gasteiger partial charge >= 0.3 is 0 Å². The van der Waals surface area contributed by atoms with E-state index in [4.69, 9.17) is 4.74 Å². The molecule has 1 fully saturated rings. The number of ether oxygens (including phenoxy) is 1. The Balaban J connectivity index is 1.44. The van der Waals surface area contributed by atoms with Gasteiger partial charge in [0.05, 0.1) is 24.8 Å². The summed E-state index contributed by atoms with van der Waals surface area (Å²) in [5.74, 6) is 4.30. The molecular weight excluding hydrogens is 473 g/mol. The lowest BCUT2D eigenvalue weighted by molar-refractivity contribution is -0.122. The van der Waals surface area contributed by atoms with Crippen LogP contribution in [-0.2, 0) is 20.9 Å². The maximum Gasteiger partial charge on any atom is 0.228 e. The third-order valence-electron chi connectivity index (χ3n) is 6.30. The molecule has 2 aliphatic rings. The molecule has 1 saturated heterocycles. The molecule has 37 heavy (non-hydrogen) atoms. The van der Waals surface area contributed by atoms with Crippen LogP contribution in [-0.4, -0.2) is 67.4 Å². The predicted molar refractivity (Wildman–Crippen MR) is 139 cm³/mol. The maximum absolute atomic E-state index is 12.8. The van der Waals surface area contributed by atoms with Gasteiger partial charge in [-0.15, -0.1) is 0 Å². The first-order valence-corrected chi connectivity index (χ1v) is 12.4. The summed E-state index contributed by atoms with van der Waals surface area (Å²) in [6, 6.07) is 15.4. The lowest BCUT2D eigenvalue weighted by atomic mass is 9.91. The average molecular weight is 504 g/mol. The van der Waals surface area contributed by atoms with Gasteiger partial charge in [-0.1, -0.05) is 36.1 Å². The highest BCUT2D eigenvalue weighted by atomic mass is 19.1. The summed E-state index contributed by atoms with van der Waals surface area (Å²) in [6.45, 7) is 3.54. The Morgan fingerprint density at radius 2 is 1.73 bits per heavy atom. The van der Waals surface area contributed by atoms with Crippen LogP contribution in [0.4, 0.5) is 4.39 Å². The Kier molecular flexibility index (Phi) is 9.19. The third-order valence-corrected chi connectivity index (χ3v) is 6.30. The number of rotatable bonds is 8. The first kappa shape index (κ1) is 26.3. The fraction of sp³-hybridized carbons (Fsp3) is 0.345. The van der Waals surface area contributed by atoms with Crippen LogP contribution in [0.1, 0.15) is 41.0 Å². The number of aliphatic hydroxyl groups excluding tert-OH is 1. The first-order valence-electron chi connectivity index (χ1n) is 12.4. The minimum atomic E-state index is -0.743. The van der Waals surface area contributed by atoms with Crippen molar-refractivity contribution >= 4 is 17.9 Å². The van der Waals surface area contributed by atoms with Crippen LogP contribution in [0.5, 0.6) is 0 Å². The standard InChI is InChI=1S/C29H30FN3O4/c30-12-14-32-29(36)25(19-26-28(35)27(34)11-13-31-26)24-9-7-22(8-10-24)2-1-21-3-5-23(6-4-21)20-33-15-17-37-18-16-33/h3-10,13,25,35H,11-12,14-20H2,(H,32,36). The molecular formula is C29H30FN3O4.